The first-order valence-electron chi connectivity index (χ1n) is 3.63. The van der Waals surface area contributed by atoms with Gasteiger partial charge in [-0.05, 0) is 15.9 Å². The van der Waals surface area contributed by atoms with Gasteiger partial charge in [0.2, 0.25) is 0 Å². The number of nitrogens with zero attached hydrogens (tertiary/aromatic N) is 1. The summed E-state index contributed by atoms with van der Waals surface area (Å²) < 4.78 is 5.99. The fourth-order valence-electron chi connectivity index (χ4n) is 1.28. The van der Waals surface area contributed by atoms with E-state index in [1.807, 2.05) is 0 Å². The summed E-state index contributed by atoms with van der Waals surface area (Å²) in [5.74, 6) is 0.104. The summed E-state index contributed by atoms with van der Waals surface area (Å²) >= 11 is 4.89. The Kier molecular flexibility index (Phi) is 2.45. The van der Waals surface area contributed by atoms with E-state index in [0.717, 1.165) is 9.48 Å². The lowest BCUT2D eigenvalue weighted by atomic mass is 10.1. The number of rotatable bonds is 1. The van der Waals surface area contributed by atoms with E-state index >= 15 is 0 Å². The Morgan fingerprint density at radius 1 is 1.67 bits per heavy atom. The molecule has 0 aliphatic carbocycles. The zero-order valence-corrected chi connectivity index (χ0v) is 8.64. The molecule has 0 bridgehead atoms. The Bertz CT molecular complexity index is 278. The predicted octanol–water partition coefficient (Wildman–Crippen LogP) is 1.38. The summed E-state index contributed by atoms with van der Waals surface area (Å²) in [5.41, 5.74) is 1.77. The molecule has 0 saturated carbocycles. The third kappa shape index (κ3) is 1.42. The van der Waals surface area contributed by atoms with E-state index in [2.05, 4.69) is 20.9 Å². The van der Waals surface area contributed by atoms with Crippen molar-refractivity contribution in [2.75, 3.05) is 13.2 Å². The number of aliphatic hydroxyl groups excluding tert-OH is 1. The maximum Gasteiger partial charge on any atom is 0.120 e. The highest BCUT2D eigenvalue weighted by molar-refractivity contribution is 9.10. The Morgan fingerprint density at radius 3 is 3.00 bits per heavy atom. The van der Waals surface area contributed by atoms with Gasteiger partial charge in [-0.15, -0.1) is 11.3 Å². The molecule has 2 unspecified atom stereocenters. The average Bonchev–Trinajstić information content (AvgIpc) is 2.59. The van der Waals surface area contributed by atoms with Crippen LogP contribution < -0.4 is 0 Å². The standard InChI is InChI=1S/C7H8BrNO2S/c8-7-6(12-3-9-7)4-1-11-2-5(4)10/h3-5,10H,1-2H2. The van der Waals surface area contributed by atoms with Gasteiger partial charge in [0.05, 0.1) is 24.8 Å². The largest absolute Gasteiger partial charge is 0.390 e. The van der Waals surface area contributed by atoms with Gasteiger partial charge in [0.1, 0.15) is 4.60 Å². The lowest BCUT2D eigenvalue weighted by Gasteiger charge is -2.09. The number of hydrogen-bond donors (Lipinski definition) is 1. The summed E-state index contributed by atoms with van der Waals surface area (Å²) in [6.07, 6.45) is -0.373. The second-order valence-electron chi connectivity index (χ2n) is 2.72. The van der Waals surface area contributed by atoms with Gasteiger partial charge in [-0.3, -0.25) is 0 Å². The Hall–Kier alpha value is 0.0300. The van der Waals surface area contributed by atoms with Crippen LogP contribution in [-0.4, -0.2) is 29.4 Å². The van der Waals surface area contributed by atoms with Crippen molar-refractivity contribution >= 4 is 27.3 Å². The third-order valence-corrected chi connectivity index (χ3v) is 3.79. The molecule has 66 valence electrons. The molecular formula is C7H8BrNO2S. The topological polar surface area (TPSA) is 42.4 Å². The van der Waals surface area contributed by atoms with Crippen molar-refractivity contribution in [1.29, 1.82) is 0 Å². The number of aliphatic hydroxyl groups is 1. The Balaban J connectivity index is 2.24. The molecule has 0 amide bonds. The van der Waals surface area contributed by atoms with Crippen LogP contribution in [0.5, 0.6) is 0 Å². The third-order valence-electron chi connectivity index (χ3n) is 1.94. The first kappa shape index (κ1) is 8.62. The monoisotopic (exact) mass is 249 g/mol. The van der Waals surface area contributed by atoms with Crippen LogP contribution in [0, 0.1) is 0 Å². The normalized spacial score (nSPS) is 29.5. The highest BCUT2D eigenvalue weighted by Gasteiger charge is 2.30. The van der Waals surface area contributed by atoms with Crippen molar-refractivity contribution in [2.24, 2.45) is 0 Å². The minimum Gasteiger partial charge on any atom is -0.390 e. The van der Waals surface area contributed by atoms with Crippen molar-refractivity contribution in [3.8, 4) is 0 Å². The van der Waals surface area contributed by atoms with Gasteiger partial charge in [-0.2, -0.15) is 0 Å². The SMILES string of the molecule is OC1COCC1c1scnc1Br. The van der Waals surface area contributed by atoms with Gasteiger partial charge >= 0.3 is 0 Å². The van der Waals surface area contributed by atoms with Gasteiger partial charge in [0.15, 0.2) is 0 Å². The molecule has 2 rings (SSSR count). The summed E-state index contributed by atoms with van der Waals surface area (Å²) in [6, 6.07) is 0. The van der Waals surface area contributed by atoms with Crippen LogP contribution in [0.4, 0.5) is 0 Å². The van der Waals surface area contributed by atoms with Crippen LogP contribution in [-0.2, 0) is 4.74 Å². The van der Waals surface area contributed by atoms with Crippen molar-refractivity contribution in [3.63, 3.8) is 0 Å². The molecule has 1 aromatic rings. The molecule has 1 saturated heterocycles. The Labute approximate surface area is 82.5 Å². The van der Waals surface area contributed by atoms with Gasteiger partial charge in [0, 0.05) is 10.8 Å². The fourth-order valence-corrected chi connectivity index (χ4v) is 2.91. The predicted molar refractivity (Wildman–Crippen MR) is 49.4 cm³/mol. The molecule has 5 heteroatoms. The van der Waals surface area contributed by atoms with Crippen molar-refractivity contribution in [1.82, 2.24) is 4.98 Å². The Morgan fingerprint density at radius 2 is 2.50 bits per heavy atom. The molecule has 1 aromatic heterocycles. The molecule has 12 heavy (non-hydrogen) atoms. The molecule has 0 aromatic carbocycles. The van der Waals surface area contributed by atoms with Gasteiger partial charge < -0.3 is 9.84 Å². The average molecular weight is 250 g/mol. The molecule has 1 N–H and O–H groups in total. The van der Waals surface area contributed by atoms with Crippen molar-refractivity contribution in [3.05, 3.63) is 15.0 Å². The van der Waals surface area contributed by atoms with Gasteiger partial charge in [-0.25, -0.2) is 4.98 Å². The summed E-state index contributed by atoms with van der Waals surface area (Å²) in [6.45, 7) is 1.04. The van der Waals surface area contributed by atoms with E-state index < -0.39 is 0 Å². The highest BCUT2D eigenvalue weighted by atomic mass is 79.9. The zero-order valence-electron chi connectivity index (χ0n) is 6.24. The molecule has 1 fully saturated rings. The number of aromatic nitrogens is 1. The maximum absolute atomic E-state index is 9.52. The van der Waals surface area contributed by atoms with Crippen LogP contribution in [0.2, 0.25) is 0 Å². The van der Waals surface area contributed by atoms with E-state index in [9.17, 15) is 5.11 Å². The number of thiazole rings is 1. The second-order valence-corrected chi connectivity index (χ2v) is 4.36. The molecule has 0 radical (unpaired) electrons. The second kappa shape index (κ2) is 3.41. The van der Waals surface area contributed by atoms with Crippen LogP contribution in [0.1, 0.15) is 10.8 Å². The molecule has 1 aliphatic rings. The fraction of sp³-hybridized carbons (Fsp3) is 0.571. The van der Waals surface area contributed by atoms with E-state index in [4.69, 9.17) is 4.74 Å². The molecule has 3 nitrogen and oxygen atoms in total. The van der Waals surface area contributed by atoms with Crippen LogP contribution >= 0.6 is 27.3 Å². The quantitative estimate of drug-likeness (QED) is 0.818. The lowest BCUT2D eigenvalue weighted by Crippen LogP contribution is -2.14. The number of hydrogen-bond acceptors (Lipinski definition) is 4. The van der Waals surface area contributed by atoms with Crippen molar-refractivity contribution in [2.45, 2.75) is 12.0 Å². The smallest absolute Gasteiger partial charge is 0.120 e. The summed E-state index contributed by atoms with van der Waals surface area (Å²) in [5, 5.41) is 9.52. The molecule has 2 heterocycles. The lowest BCUT2D eigenvalue weighted by molar-refractivity contribution is 0.125. The van der Waals surface area contributed by atoms with Gasteiger partial charge in [-0.1, -0.05) is 0 Å². The van der Waals surface area contributed by atoms with E-state index in [0.29, 0.717) is 13.2 Å². The summed E-state index contributed by atoms with van der Waals surface area (Å²) in [7, 11) is 0. The molecule has 2 atom stereocenters. The first-order valence-corrected chi connectivity index (χ1v) is 5.31. The molecule has 1 aliphatic heterocycles. The highest BCUT2D eigenvalue weighted by Crippen LogP contribution is 2.33. The minimum absolute atomic E-state index is 0.104. The van der Waals surface area contributed by atoms with Crippen LogP contribution in [0.3, 0.4) is 0 Å². The van der Waals surface area contributed by atoms with Crippen molar-refractivity contribution < 1.29 is 9.84 Å². The van der Waals surface area contributed by atoms with E-state index in [-0.39, 0.29) is 12.0 Å². The molecule has 0 spiro atoms. The van der Waals surface area contributed by atoms with Crippen LogP contribution in [0.25, 0.3) is 0 Å². The van der Waals surface area contributed by atoms with Crippen LogP contribution in [0.15, 0.2) is 10.1 Å². The summed E-state index contributed by atoms with van der Waals surface area (Å²) in [4.78, 5) is 5.15. The number of halogens is 1. The van der Waals surface area contributed by atoms with E-state index in [1.54, 1.807) is 16.8 Å². The first-order chi connectivity index (χ1) is 5.79. The zero-order chi connectivity index (χ0) is 8.55. The molecular weight excluding hydrogens is 242 g/mol. The number of ether oxygens (including phenoxy) is 1. The van der Waals surface area contributed by atoms with Gasteiger partial charge in [0.25, 0.3) is 0 Å². The maximum atomic E-state index is 9.52. The van der Waals surface area contributed by atoms with E-state index in [1.165, 1.54) is 0 Å². The minimum atomic E-state index is -0.373.